The van der Waals surface area contributed by atoms with Crippen LogP contribution in [0.25, 0.3) is 0 Å². The molecule has 0 radical (unpaired) electrons. The maximum absolute atomic E-state index is 13.8. The Morgan fingerprint density at radius 2 is 2.28 bits per heavy atom. The summed E-state index contributed by atoms with van der Waals surface area (Å²) < 4.78 is 14.7. The van der Waals surface area contributed by atoms with Gasteiger partial charge in [0.05, 0.1) is 11.5 Å². The molecule has 0 N–H and O–H groups in total. The summed E-state index contributed by atoms with van der Waals surface area (Å²) in [5.41, 5.74) is 0.364. The van der Waals surface area contributed by atoms with Gasteiger partial charge < -0.3 is 0 Å². The van der Waals surface area contributed by atoms with E-state index in [1.54, 1.807) is 6.07 Å². The predicted octanol–water partition coefficient (Wildman–Crippen LogP) is 4.46. The molecule has 1 aromatic carbocycles. The second kappa shape index (κ2) is 4.35. The Morgan fingerprint density at radius 3 is 2.89 bits per heavy atom. The smallest absolute Gasteiger partial charge is 0.126 e. The minimum atomic E-state index is -0.315. The van der Waals surface area contributed by atoms with Crippen LogP contribution in [0, 0.1) is 34.4 Å². The molecule has 2 aliphatic rings. The summed E-state index contributed by atoms with van der Waals surface area (Å²) in [5, 5.41) is 9.58. The second-order valence-electron chi connectivity index (χ2n) is 5.76. The lowest BCUT2D eigenvalue weighted by Gasteiger charge is -2.31. The van der Waals surface area contributed by atoms with Crippen LogP contribution < -0.4 is 0 Å². The highest BCUT2D eigenvalue weighted by Gasteiger charge is 2.51. The van der Waals surface area contributed by atoms with Crippen LogP contribution >= 0.6 is 15.9 Å². The fourth-order valence-corrected chi connectivity index (χ4v) is 4.26. The lowest BCUT2D eigenvalue weighted by molar-refractivity contribution is 0.237. The third-order valence-electron chi connectivity index (χ3n) is 4.71. The van der Waals surface area contributed by atoms with E-state index in [1.165, 1.54) is 18.9 Å². The van der Waals surface area contributed by atoms with E-state index in [1.807, 2.05) is 6.07 Å². The summed E-state index contributed by atoms with van der Waals surface area (Å²) >= 11 is 3.38. The zero-order chi connectivity index (χ0) is 12.8. The van der Waals surface area contributed by atoms with Crippen LogP contribution in [0.15, 0.2) is 22.7 Å². The van der Waals surface area contributed by atoms with Crippen molar-refractivity contribution >= 4 is 15.9 Å². The highest BCUT2D eigenvalue weighted by atomic mass is 79.9. The lowest BCUT2D eigenvalue weighted by Crippen LogP contribution is -2.29. The Hall–Kier alpha value is -0.880. The standard InChI is InChI=1S/C15H15BrFN/c16-13-3-4-14(17)11(6-13)8-15(9-18)7-10-1-2-12(15)5-10/h3-4,6,10,12H,1-2,5,7-8H2. The van der Waals surface area contributed by atoms with Crippen LogP contribution in [-0.4, -0.2) is 0 Å². The molecule has 1 aromatic rings. The van der Waals surface area contributed by atoms with Crippen molar-refractivity contribution in [2.75, 3.05) is 0 Å². The fraction of sp³-hybridized carbons (Fsp3) is 0.533. The number of hydrogen-bond donors (Lipinski definition) is 0. The largest absolute Gasteiger partial charge is 0.207 e. The van der Waals surface area contributed by atoms with Crippen molar-refractivity contribution in [3.8, 4) is 6.07 Å². The van der Waals surface area contributed by atoms with Crippen LogP contribution in [-0.2, 0) is 6.42 Å². The molecule has 2 bridgehead atoms. The summed E-state index contributed by atoms with van der Waals surface area (Å²) in [7, 11) is 0. The van der Waals surface area contributed by atoms with Gasteiger partial charge in [-0.3, -0.25) is 0 Å². The van der Waals surface area contributed by atoms with E-state index in [2.05, 4.69) is 22.0 Å². The Bertz CT molecular complexity index is 522. The van der Waals surface area contributed by atoms with E-state index >= 15 is 0 Å². The maximum atomic E-state index is 13.8. The topological polar surface area (TPSA) is 23.8 Å². The summed E-state index contributed by atoms with van der Waals surface area (Å²) in [6.07, 6.45) is 5.10. The Morgan fingerprint density at radius 1 is 1.44 bits per heavy atom. The number of hydrogen-bond acceptors (Lipinski definition) is 1. The van der Waals surface area contributed by atoms with Gasteiger partial charge in [0.15, 0.2) is 0 Å². The minimum absolute atomic E-state index is 0.185. The molecular formula is C15H15BrFN. The van der Waals surface area contributed by atoms with E-state index in [9.17, 15) is 9.65 Å². The van der Waals surface area contributed by atoms with Gasteiger partial charge in [-0.25, -0.2) is 4.39 Å². The fourth-order valence-electron chi connectivity index (χ4n) is 3.86. The molecule has 0 aromatic heterocycles. The Balaban J connectivity index is 1.91. The van der Waals surface area contributed by atoms with E-state index in [-0.39, 0.29) is 11.2 Å². The van der Waals surface area contributed by atoms with Crippen molar-refractivity contribution in [1.29, 1.82) is 5.26 Å². The Labute approximate surface area is 115 Å². The van der Waals surface area contributed by atoms with E-state index < -0.39 is 0 Å². The molecule has 18 heavy (non-hydrogen) atoms. The molecule has 3 heteroatoms. The van der Waals surface area contributed by atoms with E-state index in [4.69, 9.17) is 0 Å². The number of rotatable bonds is 2. The third kappa shape index (κ3) is 1.87. The summed E-state index contributed by atoms with van der Waals surface area (Å²) in [6.45, 7) is 0. The average molecular weight is 308 g/mol. The minimum Gasteiger partial charge on any atom is -0.207 e. The van der Waals surface area contributed by atoms with E-state index in [0.29, 0.717) is 23.8 Å². The SMILES string of the molecule is N#CC1(Cc2cc(Br)ccc2F)CC2CCC1C2. The number of nitriles is 1. The number of halogens is 2. The van der Waals surface area contributed by atoms with Gasteiger partial charge in [0.1, 0.15) is 5.82 Å². The molecule has 3 unspecified atom stereocenters. The van der Waals surface area contributed by atoms with E-state index in [0.717, 1.165) is 17.3 Å². The van der Waals surface area contributed by atoms with Gasteiger partial charge in [-0.2, -0.15) is 5.26 Å². The zero-order valence-electron chi connectivity index (χ0n) is 10.1. The molecule has 94 valence electrons. The van der Waals surface area contributed by atoms with Crippen molar-refractivity contribution in [2.45, 2.75) is 32.1 Å². The van der Waals surface area contributed by atoms with Crippen molar-refractivity contribution < 1.29 is 4.39 Å². The third-order valence-corrected chi connectivity index (χ3v) is 5.21. The number of nitrogens with zero attached hydrogens (tertiary/aromatic N) is 1. The maximum Gasteiger partial charge on any atom is 0.126 e. The molecule has 0 amide bonds. The summed E-state index contributed by atoms with van der Waals surface area (Å²) in [4.78, 5) is 0. The lowest BCUT2D eigenvalue weighted by atomic mass is 9.70. The first-order valence-electron chi connectivity index (χ1n) is 6.48. The molecule has 0 saturated heterocycles. The van der Waals surface area contributed by atoms with Crippen LogP contribution in [0.5, 0.6) is 0 Å². The zero-order valence-corrected chi connectivity index (χ0v) is 11.7. The summed E-state index contributed by atoms with van der Waals surface area (Å²) in [6, 6.07) is 7.53. The first-order valence-corrected chi connectivity index (χ1v) is 7.27. The normalized spacial score (nSPS) is 33.6. The molecule has 3 atom stereocenters. The van der Waals surface area contributed by atoms with Crippen LogP contribution in [0.2, 0.25) is 0 Å². The van der Waals surface area contributed by atoms with Crippen molar-refractivity contribution in [3.05, 3.63) is 34.1 Å². The predicted molar refractivity (Wildman–Crippen MR) is 71.3 cm³/mol. The van der Waals surface area contributed by atoms with Crippen molar-refractivity contribution in [2.24, 2.45) is 17.3 Å². The van der Waals surface area contributed by atoms with Gasteiger partial charge in [-0.05, 0) is 61.3 Å². The quantitative estimate of drug-likeness (QED) is 0.791. The molecule has 1 nitrogen and oxygen atoms in total. The van der Waals surface area contributed by atoms with Crippen LogP contribution in [0.3, 0.4) is 0 Å². The molecular weight excluding hydrogens is 293 g/mol. The van der Waals surface area contributed by atoms with Gasteiger partial charge in [-0.1, -0.05) is 22.4 Å². The van der Waals surface area contributed by atoms with Crippen molar-refractivity contribution in [1.82, 2.24) is 0 Å². The first kappa shape index (κ1) is 12.2. The highest BCUT2D eigenvalue weighted by molar-refractivity contribution is 9.10. The molecule has 2 fully saturated rings. The summed E-state index contributed by atoms with van der Waals surface area (Å²) in [5.74, 6) is 0.992. The molecule has 0 spiro atoms. The average Bonchev–Trinajstić information content (AvgIpc) is 2.94. The molecule has 2 saturated carbocycles. The number of benzene rings is 1. The first-order chi connectivity index (χ1) is 8.63. The van der Waals surface area contributed by atoms with Gasteiger partial charge >= 0.3 is 0 Å². The molecule has 2 aliphatic carbocycles. The monoisotopic (exact) mass is 307 g/mol. The second-order valence-corrected chi connectivity index (χ2v) is 6.68. The Kier molecular flexibility index (Phi) is 2.94. The van der Waals surface area contributed by atoms with Gasteiger partial charge in [0.25, 0.3) is 0 Å². The van der Waals surface area contributed by atoms with Crippen LogP contribution in [0.1, 0.15) is 31.2 Å². The van der Waals surface area contributed by atoms with Gasteiger partial charge in [0, 0.05) is 4.47 Å². The number of fused-ring (bicyclic) bond motifs is 2. The van der Waals surface area contributed by atoms with Crippen LogP contribution in [0.4, 0.5) is 4.39 Å². The van der Waals surface area contributed by atoms with Crippen molar-refractivity contribution in [3.63, 3.8) is 0 Å². The van der Waals surface area contributed by atoms with Gasteiger partial charge in [-0.15, -0.1) is 0 Å². The molecule has 0 aliphatic heterocycles. The highest BCUT2D eigenvalue weighted by Crippen LogP contribution is 2.57. The molecule has 0 heterocycles. The molecule has 3 rings (SSSR count). The van der Waals surface area contributed by atoms with Gasteiger partial charge in [0.2, 0.25) is 0 Å².